The summed E-state index contributed by atoms with van der Waals surface area (Å²) in [6.45, 7) is 2.06. The van der Waals surface area contributed by atoms with Gasteiger partial charge in [-0.1, -0.05) is 29.8 Å². The van der Waals surface area contributed by atoms with E-state index in [9.17, 15) is 0 Å². The predicted molar refractivity (Wildman–Crippen MR) is 63.6 cm³/mol. The van der Waals surface area contributed by atoms with Crippen LogP contribution in [0.5, 0.6) is 0 Å². The van der Waals surface area contributed by atoms with Crippen molar-refractivity contribution in [3.63, 3.8) is 0 Å². The Hall–Kier alpha value is -1.65. The van der Waals surface area contributed by atoms with Crippen LogP contribution in [0.3, 0.4) is 0 Å². The first kappa shape index (κ1) is 10.9. The minimum absolute atomic E-state index is 0.0539. The van der Waals surface area contributed by atoms with Gasteiger partial charge in [0.1, 0.15) is 0 Å². The fraction of sp³-hybridized carbons (Fsp3) is 0.250. The summed E-state index contributed by atoms with van der Waals surface area (Å²) >= 11 is 0. The lowest BCUT2D eigenvalue weighted by molar-refractivity contribution is 0.623. The molecule has 2 rings (SSSR count). The Morgan fingerprint density at radius 3 is 2.50 bits per heavy atom. The molecule has 2 aromatic rings. The maximum Gasteiger partial charge on any atom is 0.0947 e. The molecule has 0 aliphatic rings. The third kappa shape index (κ3) is 2.13. The van der Waals surface area contributed by atoms with Crippen molar-refractivity contribution >= 4 is 0 Å². The van der Waals surface area contributed by atoms with Crippen LogP contribution in [0.1, 0.15) is 22.9 Å². The van der Waals surface area contributed by atoms with E-state index in [-0.39, 0.29) is 6.04 Å². The van der Waals surface area contributed by atoms with Crippen molar-refractivity contribution in [2.45, 2.75) is 13.0 Å². The minimum atomic E-state index is -0.0539. The molecule has 0 saturated heterocycles. The van der Waals surface area contributed by atoms with Crippen LogP contribution in [0.25, 0.3) is 0 Å². The number of rotatable bonds is 3. The van der Waals surface area contributed by atoms with E-state index in [1.807, 2.05) is 17.8 Å². The molecular formula is C12H16N4. The average molecular weight is 216 g/mol. The lowest BCUT2D eigenvalue weighted by Gasteiger charge is -2.13. The van der Waals surface area contributed by atoms with Crippen LogP contribution in [0.4, 0.5) is 0 Å². The normalized spacial score (nSPS) is 12.7. The van der Waals surface area contributed by atoms with Crippen molar-refractivity contribution in [2.24, 2.45) is 12.9 Å². The van der Waals surface area contributed by atoms with Crippen molar-refractivity contribution in [1.29, 1.82) is 0 Å². The van der Waals surface area contributed by atoms with Gasteiger partial charge >= 0.3 is 0 Å². The van der Waals surface area contributed by atoms with Crippen molar-refractivity contribution < 1.29 is 0 Å². The molecule has 0 bridgehead atoms. The Balaban J connectivity index is 2.32. The molecule has 16 heavy (non-hydrogen) atoms. The summed E-state index contributed by atoms with van der Waals surface area (Å²) in [4.78, 5) is 4.31. The third-order valence-corrected chi connectivity index (χ3v) is 2.60. The SMILES string of the molecule is Cc1ccc(C(NN)c2cn(C)cn2)cc1. The van der Waals surface area contributed by atoms with Gasteiger partial charge in [0.25, 0.3) is 0 Å². The number of imidazole rings is 1. The summed E-state index contributed by atoms with van der Waals surface area (Å²) in [5, 5.41) is 0. The molecule has 0 saturated carbocycles. The number of hydrogen-bond donors (Lipinski definition) is 2. The summed E-state index contributed by atoms with van der Waals surface area (Å²) in [6, 6.07) is 8.22. The average Bonchev–Trinajstić information content (AvgIpc) is 2.69. The van der Waals surface area contributed by atoms with Crippen molar-refractivity contribution in [1.82, 2.24) is 15.0 Å². The molecule has 1 unspecified atom stereocenters. The third-order valence-electron chi connectivity index (χ3n) is 2.60. The molecule has 4 heteroatoms. The van der Waals surface area contributed by atoms with Crippen molar-refractivity contribution in [3.8, 4) is 0 Å². The van der Waals surface area contributed by atoms with E-state index in [0.29, 0.717) is 0 Å². The van der Waals surface area contributed by atoms with E-state index in [4.69, 9.17) is 5.84 Å². The molecular weight excluding hydrogens is 200 g/mol. The molecule has 0 spiro atoms. The van der Waals surface area contributed by atoms with E-state index >= 15 is 0 Å². The topological polar surface area (TPSA) is 55.9 Å². The standard InChI is InChI=1S/C12H16N4/c1-9-3-5-10(6-4-9)12(15-13)11-7-16(2)8-14-11/h3-8,12,15H,13H2,1-2H3. The monoisotopic (exact) mass is 216 g/mol. The predicted octanol–water partition coefficient (Wildman–Crippen LogP) is 1.28. The first-order chi connectivity index (χ1) is 7.70. The molecule has 1 aromatic heterocycles. The quantitative estimate of drug-likeness (QED) is 0.600. The lowest BCUT2D eigenvalue weighted by atomic mass is 10.0. The largest absolute Gasteiger partial charge is 0.340 e. The van der Waals surface area contributed by atoms with Crippen LogP contribution in [0.15, 0.2) is 36.8 Å². The van der Waals surface area contributed by atoms with Gasteiger partial charge in [-0.3, -0.25) is 5.84 Å². The lowest BCUT2D eigenvalue weighted by Crippen LogP contribution is -2.29. The Morgan fingerprint density at radius 1 is 1.31 bits per heavy atom. The number of aryl methyl sites for hydroxylation is 2. The highest BCUT2D eigenvalue weighted by Crippen LogP contribution is 2.19. The summed E-state index contributed by atoms with van der Waals surface area (Å²) < 4.78 is 1.91. The van der Waals surface area contributed by atoms with Gasteiger partial charge in [0.15, 0.2) is 0 Å². The Morgan fingerprint density at radius 2 is 2.00 bits per heavy atom. The number of benzene rings is 1. The van der Waals surface area contributed by atoms with Gasteiger partial charge in [0.05, 0.1) is 18.1 Å². The number of hydrogen-bond acceptors (Lipinski definition) is 3. The van der Waals surface area contributed by atoms with E-state index in [2.05, 4.69) is 41.6 Å². The number of hydrazine groups is 1. The molecule has 0 radical (unpaired) electrons. The van der Waals surface area contributed by atoms with Crippen LogP contribution >= 0.6 is 0 Å². The molecule has 1 aromatic carbocycles. The molecule has 4 nitrogen and oxygen atoms in total. The van der Waals surface area contributed by atoms with E-state index in [0.717, 1.165) is 11.3 Å². The van der Waals surface area contributed by atoms with E-state index in [1.54, 1.807) is 6.33 Å². The second-order valence-electron chi connectivity index (χ2n) is 3.97. The van der Waals surface area contributed by atoms with Crippen LogP contribution in [-0.4, -0.2) is 9.55 Å². The van der Waals surface area contributed by atoms with Crippen LogP contribution in [0.2, 0.25) is 0 Å². The van der Waals surface area contributed by atoms with Gasteiger partial charge in [0.2, 0.25) is 0 Å². The number of nitrogens with zero attached hydrogens (tertiary/aromatic N) is 2. The minimum Gasteiger partial charge on any atom is -0.340 e. The van der Waals surface area contributed by atoms with Gasteiger partial charge in [0, 0.05) is 13.2 Å². The Labute approximate surface area is 95.1 Å². The molecule has 84 valence electrons. The molecule has 3 N–H and O–H groups in total. The molecule has 0 fully saturated rings. The van der Waals surface area contributed by atoms with E-state index in [1.165, 1.54) is 5.56 Å². The number of nitrogens with two attached hydrogens (primary N) is 1. The zero-order chi connectivity index (χ0) is 11.5. The van der Waals surface area contributed by atoms with Gasteiger partial charge in [-0.05, 0) is 12.5 Å². The molecule has 1 atom stereocenters. The number of nitrogens with one attached hydrogen (secondary N) is 1. The summed E-state index contributed by atoms with van der Waals surface area (Å²) in [7, 11) is 1.94. The zero-order valence-electron chi connectivity index (χ0n) is 9.51. The fourth-order valence-corrected chi connectivity index (χ4v) is 1.69. The summed E-state index contributed by atoms with van der Waals surface area (Å²) in [5.74, 6) is 5.58. The van der Waals surface area contributed by atoms with Crippen LogP contribution < -0.4 is 11.3 Å². The van der Waals surface area contributed by atoms with Gasteiger partial charge in [-0.25, -0.2) is 10.4 Å². The molecule has 0 amide bonds. The zero-order valence-corrected chi connectivity index (χ0v) is 9.51. The first-order valence-electron chi connectivity index (χ1n) is 5.21. The highest BCUT2D eigenvalue weighted by Gasteiger charge is 2.14. The molecule has 0 aliphatic carbocycles. The van der Waals surface area contributed by atoms with Crippen molar-refractivity contribution in [3.05, 3.63) is 53.6 Å². The maximum absolute atomic E-state index is 5.58. The van der Waals surface area contributed by atoms with Crippen LogP contribution in [0, 0.1) is 6.92 Å². The highest BCUT2D eigenvalue weighted by molar-refractivity contribution is 5.29. The van der Waals surface area contributed by atoms with Gasteiger partial charge < -0.3 is 4.57 Å². The van der Waals surface area contributed by atoms with Gasteiger partial charge in [-0.15, -0.1) is 0 Å². The van der Waals surface area contributed by atoms with Gasteiger partial charge in [-0.2, -0.15) is 0 Å². The summed E-state index contributed by atoms with van der Waals surface area (Å²) in [6.07, 6.45) is 3.73. The first-order valence-corrected chi connectivity index (χ1v) is 5.21. The Kier molecular flexibility index (Phi) is 3.03. The summed E-state index contributed by atoms with van der Waals surface area (Å²) in [5.41, 5.74) is 6.07. The highest BCUT2D eigenvalue weighted by atomic mass is 15.2. The smallest absolute Gasteiger partial charge is 0.0947 e. The second-order valence-corrected chi connectivity index (χ2v) is 3.97. The van der Waals surface area contributed by atoms with Crippen LogP contribution in [-0.2, 0) is 7.05 Å². The molecule has 1 heterocycles. The Bertz CT molecular complexity index is 458. The van der Waals surface area contributed by atoms with Crippen molar-refractivity contribution in [2.75, 3.05) is 0 Å². The second kappa shape index (κ2) is 4.47. The fourth-order valence-electron chi connectivity index (χ4n) is 1.69. The van der Waals surface area contributed by atoms with E-state index < -0.39 is 0 Å². The maximum atomic E-state index is 5.58. The molecule has 0 aliphatic heterocycles. The number of aromatic nitrogens is 2.